The third-order valence-corrected chi connectivity index (χ3v) is 3.60. The highest BCUT2D eigenvalue weighted by Gasteiger charge is 2.21. The molecule has 0 unspecified atom stereocenters. The summed E-state index contributed by atoms with van der Waals surface area (Å²) >= 11 is 0. The second-order valence-electron chi connectivity index (χ2n) is 5.51. The van der Waals surface area contributed by atoms with Gasteiger partial charge in [0.05, 0.1) is 0 Å². The Morgan fingerprint density at radius 1 is 1.14 bits per heavy atom. The fourth-order valence-electron chi connectivity index (χ4n) is 2.59. The van der Waals surface area contributed by atoms with Gasteiger partial charge in [-0.25, -0.2) is 0 Å². The Balaban J connectivity index is 1.96. The summed E-state index contributed by atoms with van der Waals surface area (Å²) in [6.07, 6.45) is 3.40. The van der Waals surface area contributed by atoms with Gasteiger partial charge in [0.2, 0.25) is 11.8 Å². The number of hydrogen-bond acceptors (Lipinski definition) is 3. The third kappa shape index (κ3) is 4.48. The van der Waals surface area contributed by atoms with Gasteiger partial charge in [0.1, 0.15) is 6.04 Å². The van der Waals surface area contributed by atoms with Crippen LogP contribution in [0.2, 0.25) is 0 Å². The number of carbonyl (C=O) groups is 2. The first-order chi connectivity index (χ1) is 10.1. The summed E-state index contributed by atoms with van der Waals surface area (Å²) in [5.41, 5.74) is 1.56. The zero-order valence-electron chi connectivity index (χ0n) is 12.7. The first-order valence-corrected chi connectivity index (χ1v) is 7.49. The highest BCUT2D eigenvalue weighted by Crippen LogP contribution is 2.17. The minimum absolute atomic E-state index is 0.107. The van der Waals surface area contributed by atoms with E-state index < -0.39 is 0 Å². The fourth-order valence-corrected chi connectivity index (χ4v) is 2.59. The zero-order chi connectivity index (χ0) is 15.2. The first kappa shape index (κ1) is 15.4. The summed E-state index contributed by atoms with van der Waals surface area (Å²) in [6, 6.07) is 7.14. The average molecular weight is 289 g/mol. The van der Waals surface area contributed by atoms with Crippen molar-refractivity contribution in [1.29, 1.82) is 0 Å². The largest absolute Gasteiger partial charge is 0.374 e. The van der Waals surface area contributed by atoms with Crippen LogP contribution < -0.4 is 10.6 Å². The highest BCUT2D eigenvalue weighted by molar-refractivity contribution is 5.89. The molecule has 0 aromatic heterocycles. The Hall–Kier alpha value is -2.04. The van der Waals surface area contributed by atoms with Gasteiger partial charge < -0.3 is 15.5 Å². The van der Waals surface area contributed by atoms with Gasteiger partial charge in [-0.15, -0.1) is 0 Å². The smallest absolute Gasteiger partial charge is 0.244 e. The van der Waals surface area contributed by atoms with Gasteiger partial charge in [-0.1, -0.05) is 6.07 Å². The van der Waals surface area contributed by atoms with Crippen molar-refractivity contribution in [2.75, 3.05) is 23.7 Å². The number of amides is 2. The number of likely N-dealkylation sites (tertiary alicyclic amines) is 1. The maximum absolute atomic E-state index is 12.4. The van der Waals surface area contributed by atoms with Crippen LogP contribution in [0, 0.1) is 0 Å². The van der Waals surface area contributed by atoms with Crippen molar-refractivity contribution in [3.05, 3.63) is 24.3 Å². The molecular weight excluding hydrogens is 266 g/mol. The Kier molecular flexibility index (Phi) is 5.20. The van der Waals surface area contributed by atoms with Crippen LogP contribution in [0.3, 0.4) is 0 Å². The zero-order valence-corrected chi connectivity index (χ0v) is 12.7. The maximum Gasteiger partial charge on any atom is 0.244 e. The lowest BCUT2D eigenvalue weighted by molar-refractivity contribution is -0.132. The van der Waals surface area contributed by atoms with Gasteiger partial charge >= 0.3 is 0 Å². The van der Waals surface area contributed by atoms with Crippen LogP contribution in [0.25, 0.3) is 0 Å². The van der Waals surface area contributed by atoms with Crippen LogP contribution in [0.1, 0.15) is 33.1 Å². The van der Waals surface area contributed by atoms with Crippen molar-refractivity contribution < 1.29 is 9.59 Å². The molecular formula is C16H23N3O2. The predicted octanol–water partition coefficient (Wildman–Crippen LogP) is 2.46. The molecule has 1 heterocycles. The minimum Gasteiger partial charge on any atom is -0.374 e. The molecule has 1 aromatic rings. The first-order valence-electron chi connectivity index (χ1n) is 7.49. The summed E-state index contributed by atoms with van der Waals surface area (Å²) < 4.78 is 0. The van der Waals surface area contributed by atoms with Crippen molar-refractivity contribution >= 4 is 23.2 Å². The van der Waals surface area contributed by atoms with E-state index in [4.69, 9.17) is 0 Å². The van der Waals surface area contributed by atoms with Crippen molar-refractivity contribution in [1.82, 2.24) is 4.90 Å². The lowest BCUT2D eigenvalue weighted by Gasteiger charge is -2.29. The van der Waals surface area contributed by atoms with Gasteiger partial charge in [-0.3, -0.25) is 9.59 Å². The molecule has 21 heavy (non-hydrogen) atoms. The molecule has 0 aliphatic carbocycles. The summed E-state index contributed by atoms with van der Waals surface area (Å²) in [4.78, 5) is 25.4. The van der Waals surface area contributed by atoms with Gasteiger partial charge in [0, 0.05) is 31.4 Å². The molecule has 0 bridgehead atoms. The summed E-state index contributed by atoms with van der Waals surface area (Å²) in [5, 5.41) is 5.95. The molecule has 0 saturated carbocycles. The lowest BCUT2D eigenvalue weighted by atomic mass is 10.1. The van der Waals surface area contributed by atoms with Crippen LogP contribution in [0.15, 0.2) is 24.3 Å². The predicted molar refractivity (Wildman–Crippen MR) is 84.3 cm³/mol. The SMILES string of the molecule is CC(=O)Nc1cccc(N[C@H](C)C(=O)N2CCCCC2)c1. The number of carbonyl (C=O) groups excluding carboxylic acids is 2. The molecule has 1 aromatic carbocycles. The van der Waals surface area contributed by atoms with Crippen molar-refractivity contribution in [3.8, 4) is 0 Å². The second-order valence-corrected chi connectivity index (χ2v) is 5.51. The van der Waals surface area contributed by atoms with E-state index in [9.17, 15) is 9.59 Å². The van der Waals surface area contributed by atoms with Gasteiger partial charge in [0.15, 0.2) is 0 Å². The topological polar surface area (TPSA) is 61.4 Å². The van der Waals surface area contributed by atoms with Gasteiger partial charge in [-0.2, -0.15) is 0 Å². The Morgan fingerprint density at radius 3 is 2.48 bits per heavy atom. The van der Waals surface area contributed by atoms with E-state index in [1.54, 1.807) is 0 Å². The molecule has 0 radical (unpaired) electrons. The number of nitrogens with zero attached hydrogens (tertiary/aromatic N) is 1. The minimum atomic E-state index is -0.268. The average Bonchev–Trinajstić information content (AvgIpc) is 2.47. The van der Waals surface area contributed by atoms with Crippen LogP contribution in [0.4, 0.5) is 11.4 Å². The number of anilines is 2. The summed E-state index contributed by atoms with van der Waals surface area (Å²) in [5.74, 6) is 0.0317. The molecule has 114 valence electrons. The van der Waals surface area contributed by atoms with Crippen LogP contribution in [-0.4, -0.2) is 35.8 Å². The highest BCUT2D eigenvalue weighted by atomic mass is 16.2. The molecule has 1 aliphatic heterocycles. The number of hydrogen-bond donors (Lipinski definition) is 2. The molecule has 2 N–H and O–H groups in total. The molecule has 5 heteroatoms. The monoisotopic (exact) mass is 289 g/mol. The van der Waals surface area contributed by atoms with Crippen molar-refractivity contribution in [3.63, 3.8) is 0 Å². The number of nitrogens with one attached hydrogen (secondary N) is 2. The van der Waals surface area contributed by atoms with Crippen LogP contribution in [-0.2, 0) is 9.59 Å². The fraction of sp³-hybridized carbons (Fsp3) is 0.500. The number of piperidine rings is 1. The molecule has 1 saturated heterocycles. The van der Waals surface area contributed by atoms with Crippen LogP contribution in [0.5, 0.6) is 0 Å². The van der Waals surface area contributed by atoms with E-state index >= 15 is 0 Å². The van der Waals surface area contributed by atoms with Crippen molar-refractivity contribution in [2.24, 2.45) is 0 Å². The van der Waals surface area contributed by atoms with E-state index in [1.807, 2.05) is 36.1 Å². The van der Waals surface area contributed by atoms with E-state index in [-0.39, 0.29) is 17.9 Å². The molecule has 5 nitrogen and oxygen atoms in total. The maximum atomic E-state index is 12.4. The van der Waals surface area contributed by atoms with Gasteiger partial charge in [0.25, 0.3) is 0 Å². The Labute approximate surface area is 125 Å². The second kappa shape index (κ2) is 7.11. The lowest BCUT2D eigenvalue weighted by Crippen LogP contribution is -2.43. The number of benzene rings is 1. The molecule has 2 amide bonds. The third-order valence-electron chi connectivity index (χ3n) is 3.60. The Morgan fingerprint density at radius 2 is 1.81 bits per heavy atom. The molecule has 2 rings (SSSR count). The van der Waals surface area contributed by atoms with Gasteiger partial charge in [-0.05, 0) is 44.4 Å². The molecule has 0 spiro atoms. The van der Waals surface area contributed by atoms with E-state index in [2.05, 4.69) is 10.6 Å². The molecule has 1 fully saturated rings. The standard InChI is InChI=1S/C16H23N3O2/c1-12(16(21)19-9-4-3-5-10-19)17-14-7-6-8-15(11-14)18-13(2)20/h6-8,11-12,17H,3-5,9-10H2,1-2H3,(H,18,20)/t12-/m1/s1. The quantitative estimate of drug-likeness (QED) is 0.895. The summed E-state index contributed by atoms with van der Waals surface area (Å²) in [6.45, 7) is 5.07. The van der Waals surface area contributed by atoms with Crippen LogP contribution >= 0.6 is 0 Å². The normalized spacial score (nSPS) is 16.2. The summed E-state index contributed by atoms with van der Waals surface area (Å²) in [7, 11) is 0. The van der Waals surface area contributed by atoms with E-state index in [0.717, 1.165) is 37.3 Å². The molecule has 1 aliphatic rings. The number of rotatable bonds is 4. The van der Waals surface area contributed by atoms with E-state index in [1.165, 1.54) is 13.3 Å². The Bertz CT molecular complexity index is 510. The molecule has 1 atom stereocenters. The van der Waals surface area contributed by atoms with E-state index in [0.29, 0.717) is 0 Å². The van der Waals surface area contributed by atoms with Crippen molar-refractivity contribution in [2.45, 2.75) is 39.2 Å².